The predicted octanol–water partition coefficient (Wildman–Crippen LogP) is -3.35. The number of hydrogen-bond donors (Lipinski definition) is 4. The average molecular weight is 736 g/mol. The van der Waals surface area contributed by atoms with Crippen molar-refractivity contribution in [2.24, 2.45) is 0 Å². The maximum absolute atomic E-state index is 12.6. The first-order chi connectivity index (χ1) is 22.0. The van der Waals surface area contributed by atoms with Gasteiger partial charge >= 0.3 is 5.97 Å². The van der Waals surface area contributed by atoms with E-state index in [2.05, 4.69) is 14.7 Å². The summed E-state index contributed by atoms with van der Waals surface area (Å²) in [5.41, 5.74) is 0. The van der Waals surface area contributed by atoms with Gasteiger partial charge in [0.2, 0.25) is 0 Å². The fourth-order valence-electron chi connectivity index (χ4n) is 6.17. The lowest BCUT2D eigenvalue weighted by Crippen LogP contribution is -2.54. The highest BCUT2D eigenvalue weighted by Gasteiger charge is 2.29. The van der Waals surface area contributed by atoms with Crippen LogP contribution in [-0.2, 0) is 35.1 Å². The molecule has 3 fully saturated rings. The number of carboxylic acid groups (broad SMARTS) is 1. The molecular formula is C26H53N7O11S3. The van der Waals surface area contributed by atoms with E-state index in [4.69, 9.17) is 13.7 Å². The first-order valence-corrected chi connectivity index (χ1v) is 20.9. The Morgan fingerprint density at radius 3 is 1.00 bits per heavy atom. The fourth-order valence-corrected chi connectivity index (χ4v) is 7.64. The number of carboxylic acids is 1. The minimum absolute atomic E-state index is 0.252. The lowest BCUT2D eigenvalue weighted by Gasteiger charge is -2.39. The lowest BCUT2D eigenvalue weighted by molar-refractivity contribution is -0.144. The van der Waals surface area contributed by atoms with Crippen LogP contribution < -0.4 is 0 Å². The number of hydrogen-bond acceptors (Lipinski definition) is 14. The lowest BCUT2D eigenvalue weighted by atomic mass is 10.1. The maximum atomic E-state index is 12.6. The molecule has 0 aromatic carbocycles. The van der Waals surface area contributed by atoms with E-state index < -0.39 is 42.4 Å². The zero-order valence-corrected chi connectivity index (χ0v) is 29.5. The molecule has 21 heteroatoms. The molecule has 1 atom stereocenters. The summed E-state index contributed by atoms with van der Waals surface area (Å²) in [4.78, 5) is 27.2. The molecule has 3 aliphatic rings. The van der Waals surface area contributed by atoms with Crippen LogP contribution in [0.2, 0.25) is 0 Å². The summed E-state index contributed by atoms with van der Waals surface area (Å²) >= 11 is 0. The van der Waals surface area contributed by atoms with Gasteiger partial charge in [-0.2, -0.15) is 25.3 Å². The molecule has 3 aliphatic heterocycles. The van der Waals surface area contributed by atoms with Crippen molar-refractivity contribution in [1.29, 1.82) is 0 Å². The number of rotatable bonds is 20. The van der Waals surface area contributed by atoms with Crippen molar-refractivity contribution in [3.8, 4) is 0 Å². The van der Waals surface area contributed by atoms with Gasteiger partial charge in [0, 0.05) is 131 Å². The maximum Gasteiger partial charge on any atom is 0.320 e. The van der Waals surface area contributed by atoms with Crippen LogP contribution in [0.25, 0.3) is 0 Å². The van der Waals surface area contributed by atoms with Crippen LogP contribution >= 0.6 is 0 Å². The average Bonchev–Trinajstić information content (AvgIpc) is 2.99. The fraction of sp³-hybridized carbons (Fsp3) is 0.962. The van der Waals surface area contributed by atoms with Crippen molar-refractivity contribution in [3.63, 3.8) is 0 Å². The Bertz CT molecular complexity index is 1220. The summed E-state index contributed by atoms with van der Waals surface area (Å²) in [6.45, 7) is 11.7. The molecule has 0 radical (unpaired) electrons. The van der Waals surface area contributed by atoms with E-state index in [1.165, 1.54) is 0 Å². The third kappa shape index (κ3) is 16.9. The Morgan fingerprint density at radius 2 is 0.745 bits per heavy atom. The van der Waals surface area contributed by atoms with E-state index in [-0.39, 0.29) is 36.9 Å². The molecule has 0 aliphatic carbocycles. The zero-order valence-electron chi connectivity index (χ0n) is 27.0. The molecule has 4 N–H and O–H groups in total. The summed E-state index contributed by atoms with van der Waals surface area (Å²) in [6.07, 6.45) is 0.410. The van der Waals surface area contributed by atoms with Crippen LogP contribution in [0, 0.1) is 0 Å². The second-order valence-electron chi connectivity index (χ2n) is 12.6. The summed E-state index contributed by atoms with van der Waals surface area (Å²) in [5, 5.41) is 10.3. The summed E-state index contributed by atoms with van der Waals surface area (Å²) in [5.74, 6) is -1.84. The third-order valence-corrected chi connectivity index (χ3v) is 11.3. The Labute approximate surface area is 279 Å². The molecular weight excluding hydrogens is 683 g/mol. The van der Waals surface area contributed by atoms with Gasteiger partial charge < -0.3 is 10.0 Å². The van der Waals surface area contributed by atoms with Crippen molar-refractivity contribution in [1.82, 2.24) is 34.3 Å². The summed E-state index contributed by atoms with van der Waals surface area (Å²) in [6, 6.07) is -0.723. The normalized spacial score (nSPS) is 21.8. The third-order valence-electron chi connectivity index (χ3n) is 9.24. The summed E-state index contributed by atoms with van der Waals surface area (Å²) in [7, 11) is -12.1. The van der Waals surface area contributed by atoms with Gasteiger partial charge in [-0.25, -0.2) is 0 Å². The highest BCUT2D eigenvalue weighted by molar-refractivity contribution is 7.86. The highest BCUT2D eigenvalue weighted by atomic mass is 32.2. The van der Waals surface area contributed by atoms with Crippen LogP contribution in [0.15, 0.2) is 0 Å². The van der Waals surface area contributed by atoms with E-state index in [0.717, 1.165) is 0 Å². The van der Waals surface area contributed by atoms with Gasteiger partial charge in [-0.1, -0.05) is 0 Å². The minimum Gasteiger partial charge on any atom is -0.480 e. The molecule has 3 rings (SSSR count). The molecule has 18 nitrogen and oxygen atoms in total. The standard InChI is InChI=1S/C26H53N7O11S3/c34-26(35)25(1-2-27-3-9-30(10-4-27)19-22-45(36,37)38)33(17-15-28-5-11-31(12-6-28)20-23-46(39,40)41)18-16-29-7-13-32(14-8-29)21-24-47(42,43)44/h25H,1-24H2,(H,34,35)(H,36,37,38)(H,39,40,41)(H,42,43,44). The van der Waals surface area contributed by atoms with Crippen molar-refractivity contribution in [2.75, 3.05) is 148 Å². The van der Waals surface area contributed by atoms with Crippen molar-refractivity contribution < 1.29 is 48.8 Å². The molecule has 0 aromatic rings. The number of carbonyl (C=O) groups is 1. The number of aliphatic carboxylic acids is 1. The van der Waals surface area contributed by atoms with E-state index >= 15 is 0 Å². The first-order valence-electron chi connectivity index (χ1n) is 16.1. The molecule has 3 heterocycles. The molecule has 3 saturated heterocycles. The van der Waals surface area contributed by atoms with Crippen molar-refractivity contribution >= 4 is 36.3 Å². The monoisotopic (exact) mass is 735 g/mol. The zero-order chi connectivity index (χ0) is 34.7. The van der Waals surface area contributed by atoms with Gasteiger partial charge in [0.15, 0.2) is 0 Å². The van der Waals surface area contributed by atoms with Gasteiger partial charge in [-0.05, 0) is 6.42 Å². The Balaban J connectivity index is 1.53. The van der Waals surface area contributed by atoms with Gasteiger partial charge in [-0.3, -0.25) is 47.9 Å². The Hall–Kier alpha value is -1.08. The molecule has 0 amide bonds. The van der Waals surface area contributed by atoms with E-state index in [1.54, 1.807) is 0 Å². The SMILES string of the molecule is O=C(O)C(CCN1CCN(CCS(=O)(=O)O)CC1)N(CCN1CCN(CCS(=O)(=O)O)CC1)CCN1CCN(CCS(=O)(=O)O)CC1. The molecule has 0 saturated carbocycles. The minimum atomic E-state index is -4.03. The second kappa shape index (κ2) is 18.8. The highest BCUT2D eigenvalue weighted by Crippen LogP contribution is 2.12. The van der Waals surface area contributed by atoms with Crippen molar-refractivity contribution in [2.45, 2.75) is 12.5 Å². The Morgan fingerprint density at radius 1 is 0.489 bits per heavy atom. The summed E-state index contributed by atoms with van der Waals surface area (Å²) < 4.78 is 93.8. The van der Waals surface area contributed by atoms with Gasteiger partial charge in [0.05, 0.1) is 17.3 Å². The van der Waals surface area contributed by atoms with Crippen molar-refractivity contribution in [3.05, 3.63) is 0 Å². The molecule has 276 valence electrons. The van der Waals surface area contributed by atoms with Crippen LogP contribution in [-0.4, -0.2) is 238 Å². The topological polar surface area (TPSA) is 223 Å². The van der Waals surface area contributed by atoms with E-state index in [1.807, 2.05) is 19.6 Å². The van der Waals surface area contributed by atoms with E-state index in [0.29, 0.717) is 118 Å². The van der Waals surface area contributed by atoms with Crippen LogP contribution in [0.5, 0.6) is 0 Å². The molecule has 0 aromatic heterocycles. The first kappa shape index (κ1) is 40.4. The quantitative estimate of drug-likeness (QED) is 0.0897. The molecule has 0 bridgehead atoms. The second-order valence-corrected chi connectivity index (χ2v) is 17.3. The predicted molar refractivity (Wildman–Crippen MR) is 176 cm³/mol. The van der Waals surface area contributed by atoms with Gasteiger partial charge in [-0.15, -0.1) is 0 Å². The molecule has 1 unspecified atom stereocenters. The smallest absolute Gasteiger partial charge is 0.320 e. The van der Waals surface area contributed by atoms with Crippen LogP contribution in [0.4, 0.5) is 0 Å². The Kier molecular flexibility index (Phi) is 16.1. The number of piperazine rings is 3. The molecule has 0 spiro atoms. The molecule has 47 heavy (non-hydrogen) atoms. The van der Waals surface area contributed by atoms with Gasteiger partial charge in [0.25, 0.3) is 30.4 Å². The largest absolute Gasteiger partial charge is 0.480 e. The van der Waals surface area contributed by atoms with E-state index in [9.17, 15) is 35.2 Å². The van der Waals surface area contributed by atoms with Gasteiger partial charge in [0.1, 0.15) is 6.04 Å². The van der Waals surface area contributed by atoms with Crippen LogP contribution in [0.1, 0.15) is 6.42 Å². The van der Waals surface area contributed by atoms with Crippen LogP contribution in [0.3, 0.4) is 0 Å². The number of nitrogens with zero attached hydrogens (tertiary/aromatic N) is 7.